The number of pyridine rings is 1. The smallest absolute Gasteiger partial charge is 0.133 e. The first kappa shape index (κ1) is 12.5. The first-order valence-corrected chi connectivity index (χ1v) is 6.56. The molecule has 4 nitrogen and oxygen atoms in total. The van der Waals surface area contributed by atoms with Crippen LogP contribution < -0.4 is 10.1 Å². The van der Waals surface area contributed by atoms with Crippen LogP contribution >= 0.6 is 0 Å². The lowest BCUT2D eigenvalue weighted by Gasteiger charge is -2.09. The Morgan fingerprint density at radius 3 is 3.00 bits per heavy atom. The summed E-state index contributed by atoms with van der Waals surface area (Å²) >= 11 is 0. The molecule has 3 aromatic rings. The fourth-order valence-corrected chi connectivity index (χ4v) is 2.18. The summed E-state index contributed by atoms with van der Waals surface area (Å²) in [6, 6.07) is 11.8. The van der Waals surface area contributed by atoms with Gasteiger partial charge in [0, 0.05) is 24.5 Å². The molecule has 0 unspecified atom stereocenters. The molecule has 4 heteroatoms. The van der Waals surface area contributed by atoms with Crippen LogP contribution in [0.15, 0.2) is 53.3 Å². The van der Waals surface area contributed by atoms with Crippen molar-refractivity contribution in [2.24, 2.45) is 0 Å². The number of anilines is 1. The van der Waals surface area contributed by atoms with Crippen molar-refractivity contribution in [3.8, 4) is 5.75 Å². The quantitative estimate of drug-likeness (QED) is 0.769. The van der Waals surface area contributed by atoms with Crippen molar-refractivity contribution in [1.82, 2.24) is 4.98 Å². The number of benzene rings is 1. The number of nitrogens with zero attached hydrogens (tertiary/aromatic N) is 1. The first-order valence-electron chi connectivity index (χ1n) is 6.56. The number of methoxy groups -OCH3 is 1. The Balaban J connectivity index is 1.77. The third-order valence-corrected chi connectivity index (χ3v) is 3.22. The Hall–Kier alpha value is -2.49. The van der Waals surface area contributed by atoms with E-state index in [9.17, 15) is 0 Å². The van der Waals surface area contributed by atoms with Crippen molar-refractivity contribution in [1.29, 1.82) is 0 Å². The van der Waals surface area contributed by atoms with Crippen molar-refractivity contribution in [3.63, 3.8) is 0 Å². The van der Waals surface area contributed by atoms with Crippen LogP contribution in [0.2, 0.25) is 0 Å². The zero-order valence-electron chi connectivity index (χ0n) is 11.3. The molecule has 0 aliphatic heterocycles. The van der Waals surface area contributed by atoms with Gasteiger partial charge in [-0.05, 0) is 41.8 Å². The summed E-state index contributed by atoms with van der Waals surface area (Å²) in [5.74, 6) is 2.71. The second-order valence-electron chi connectivity index (χ2n) is 4.50. The third kappa shape index (κ3) is 2.59. The van der Waals surface area contributed by atoms with Crippen LogP contribution in [0.25, 0.3) is 10.8 Å². The molecular weight excluding hydrogens is 252 g/mol. The van der Waals surface area contributed by atoms with Gasteiger partial charge >= 0.3 is 0 Å². The van der Waals surface area contributed by atoms with Gasteiger partial charge in [0.15, 0.2) is 0 Å². The Labute approximate surface area is 117 Å². The van der Waals surface area contributed by atoms with E-state index < -0.39 is 0 Å². The van der Waals surface area contributed by atoms with Gasteiger partial charge in [0.25, 0.3) is 0 Å². The number of aromatic nitrogens is 1. The molecule has 3 rings (SSSR count). The van der Waals surface area contributed by atoms with E-state index in [1.54, 1.807) is 19.6 Å². The topological polar surface area (TPSA) is 47.3 Å². The highest BCUT2D eigenvalue weighted by molar-refractivity contribution is 5.92. The van der Waals surface area contributed by atoms with Crippen molar-refractivity contribution in [2.45, 2.75) is 6.42 Å². The molecule has 0 saturated heterocycles. The summed E-state index contributed by atoms with van der Waals surface area (Å²) in [7, 11) is 1.67. The van der Waals surface area contributed by atoms with Crippen LogP contribution in [0, 0.1) is 0 Å². The number of furan rings is 1. The highest BCUT2D eigenvalue weighted by Crippen LogP contribution is 2.25. The second kappa shape index (κ2) is 5.65. The molecule has 0 radical (unpaired) electrons. The van der Waals surface area contributed by atoms with Crippen LogP contribution in [0.3, 0.4) is 0 Å². The standard InChI is InChI=1S/C16H16N2O2/c1-19-14-4-5-15-12(11-14)6-8-17-16(15)18-9-7-13-3-2-10-20-13/h2-6,8,10-11H,7,9H2,1H3,(H,17,18). The first-order chi connectivity index (χ1) is 9.86. The normalized spacial score (nSPS) is 10.7. The number of nitrogens with one attached hydrogen (secondary N) is 1. The minimum absolute atomic E-state index is 0.783. The maximum atomic E-state index is 5.31. The third-order valence-electron chi connectivity index (χ3n) is 3.22. The lowest BCUT2D eigenvalue weighted by atomic mass is 10.1. The zero-order valence-corrected chi connectivity index (χ0v) is 11.3. The Kier molecular flexibility index (Phi) is 3.54. The summed E-state index contributed by atoms with van der Waals surface area (Å²) in [4.78, 5) is 4.40. The molecule has 1 aromatic carbocycles. The van der Waals surface area contributed by atoms with Crippen molar-refractivity contribution in [3.05, 3.63) is 54.6 Å². The summed E-state index contributed by atoms with van der Waals surface area (Å²) < 4.78 is 10.6. The fourth-order valence-electron chi connectivity index (χ4n) is 2.18. The van der Waals surface area contributed by atoms with Gasteiger partial charge < -0.3 is 14.5 Å². The van der Waals surface area contributed by atoms with Crippen LogP contribution in [0.1, 0.15) is 5.76 Å². The van der Waals surface area contributed by atoms with Gasteiger partial charge in [-0.1, -0.05) is 0 Å². The minimum atomic E-state index is 0.783. The minimum Gasteiger partial charge on any atom is -0.497 e. The molecule has 0 bridgehead atoms. The number of hydrogen-bond donors (Lipinski definition) is 1. The van der Waals surface area contributed by atoms with E-state index in [2.05, 4.69) is 10.3 Å². The molecule has 0 atom stereocenters. The van der Waals surface area contributed by atoms with Gasteiger partial charge in [-0.3, -0.25) is 0 Å². The van der Waals surface area contributed by atoms with Crippen LogP contribution in [0.5, 0.6) is 5.75 Å². The predicted molar refractivity (Wildman–Crippen MR) is 79.2 cm³/mol. The molecular formula is C16H16N2O2. The summed E-state index contributed by atoms with van der Waals surface area (Å²) in [5, 5.41) is 5.55. The number of rotatable bonds is 5. The second-order valence-corrected chi connectivity index (χ2v) is 4.50. The molecule has 1 N–H and O–H groups in total. The van der Waals surface area contributed by atoms with Gasteiger partial charge in [0.1, 0.15) is 17.3 Å². The molecule has 0 aliphatic carbocycles. The van der Waals surface area contributed by atoms with Gasteiger partial charge in [-0.15, -0.1) is 0 Å². The number of ether oxygens (including phenoxy) is 1. The maximum Gasteiger partial charge on any atom is 0.133 e. The molecule has 20 heavy (non-hydrogen) atoms. The van der Waals surface area contributed by atoms with E-state index in [0.717, 1.165) is 41.1 Å². The fraction of sp³-hybridized carbons (Fsp3) is 0.188. The Morgan fingerprint density at radius 1 is 1.25 bits per heavy atom. The average molecular weight is 268 g/mol. The summed E-state index contributed by atoms with van der Waals surface area (Å²) in [6.07, 6.45) is 4.33. The monoisotopic (exact) mass is 268 g/mol. The largest absolute Gasteiger partial charge is 0.497 e. The molecule has 0 fully saturated rings. The molecule has 102 valence electrons. The number of hydrogen-bond acceptors (Lipinski definition) is 4. The van der Waals surface area contributed by atoms with E-state index in [0.29, 0.717) is 0 Å². The van der Waals surface area contributed by atoms with Crippen LogP contribution in [0.4, 0.5) is 5.82 Å². The van der Waals surface area contributed by atoms with E-state index >= 15 is 0 Å². The van der Waals surface area contributed by atoms with E-state index in [4.69, 9.17) is 9.15 Å². The molecule has 2 heterocycles. The van der Waals surface area contributed by atoms with Gasteiger partial charge in [-0.2, -0.15) is 0 Å². The maximum absolute atomic E-state index is 5.31. The average Bonchev–Trinajstić information content (AvgIpc) is 3.00. The zero-order chi connectivity index (χ0) is 13.8. The highest BCUT2D eigenvalue weighted by Gasteiger charge is 2.04. The van der Waals surface area contributed by atoms with Gasteiger partial charge in [0.2, 0.25) is 0 Å². The lowest BCUT2D eigenvalue weighted by molar-refractivity contribution is 0.415. The Bertz CT molecular complexity index is 693. The molecule has 2 aromatic heterocycles. The number of fused-ring (bicyclic) bond motifs is 1. The summed E-state index contributed by atoms with van der Waals surface area (Å²) in [6.45, 7) is 0.783. The molecule has 0 amide bonds. The highest BCUT2D eigenvalue weighted by atomic mass is 16.5. The molecule has 0 aliphatic rings. The SMILES string of the molecule is COc1ccc2c(NCCc3ccco3)nccc2c1. The van der Waals surface area contributed by atoms with Crippen LogP contribution in [-0.2, 0) is 6.42 Å². The van der Waals surface area contributed by atoms with E-state index in [1.165, 1.54) is 0 Å². The van der Waals surface area contributed by atoms with Crippen molar-refractivity contribution < 1.29 is 9.15 Å². The van der Waals surface area contributed by atoms with Crippen LogP contribution in [-0.4, -0.2) is 18.6 Å². The van der Waals surface area contributed by atoms with E-state index in [1.807, 2.05) is 36.4 Å². The van der Waals surface area contributed by atoms with Gasteiger partial charge in [-0.25, -0.2) is 4.98 Å². The van der Waals surface area contributed by atoms with Crippen molar-refractivity contribution >= 4 is 16.6 Å². The van der Waals surface area contributed by atoms with Crippen molar-refractivity contribution in [2.75, 3.05) is 19.0 Å². The summed E-state index contributed by atoms with van der Waals surface area (Å²) in [5.41, 5.74) is 0. The van der Waals surface area contributed by atoms with Gasteiger partial charge in [0.05, 0.1) is 13.4 Å². The molecule has 0 saturated carbocycles. The molecule has 0 spiro atoms. The van der Waals surface area contributed by atoms with E-state index in [-0.39, 0.29) is 0 Å². The lowest BCUT2D eigenvalue weighted by Crippen LogP contribution is -2.06. The Morgan fingerprint density at radius 2 is 2.20 bits per heavy atom. The predicted octanol–water partition coefficient (Wildman–Crippen LogP) is 3.49.